The maximum absolute atomic E-state index is 5.33. The highest BCUT2D eigenvalue weighted by molar-refractivity contribution is 5.46. The van der Waals surface area contributed by atoms with Crippen molar-refractivity contribution in [1.82, 2.24) is 14.9 Å². The Hall–Kier alpha value is -2.84. The fourth-order valence-corrected chi connectivity index (χ4v) is 2.81. The number of rotatable bonds is 5. The number of benzene rings is 1. The van der Waals surface area contributed by atoms with Crippen molar-refractivity contribution in [3.05, 3.63) is 60.9 Å². The van der Waals surface area contributed by atoms with E-state index in [9.17, 15) is 0 Å². The minimum absolute atomic E-state index is 0.000362. The van der Waals surface area contributed by atoms with E-state index in [1.807, 2.05) is 12.1 Å². The summed E-state index contributed by atoms with van der Waals surface area (Å²) in [6.07, 6.45) is 10.5. The van der Waals surface area contributed by atoms with E-state index in [1.54, 1.807) is 12.4 Å². The van der Waals surface area contributed by atoms with Crippen molar-refractivity contribution >= 4 is 11.6 Å². The third kappa shape index (κ3) is 3.73. The minimum atomic E-state index is -0.000362. The predicted molar refractivity (Wildman–Crippen MR) is 97.8 cm³/mol. The first-order chi connectivity index (χ1) is 11.8. The summed E-state index contributed by atoms with van der Waals surface area (Å²) in [6.45, 7) is 7.79. The maximum atomic E-state index is 5.33. The first-order valence-corrected chi connectivity index (χ1v) is 8.02. The van der Waals surface area contributed by atoms with Gasteiger partial charge in [-0.25, -0.2) is 9.97 Å². The van der Waals surface area contributed by atoms with Crippen LogP contribution in [0, 0.1) is 12.3 Å². The lowest BCUT2D eigenvalue weighted by Crippen LogP contribution is -2.52. The quantitative estimate of drug-likeness (QED) is 0.676. The molecule has 122 valence electrons. The fraction of sp³-hybridized carbons (Fsp3) is 0.263. The monoisotopic (exact) mass is 319 g/mol. The van der Waals surface area contributed by atoms with Crippen LogP contribution in [-0.2, 0) is 0 Å². The smallest absolute Gasteiger partial charge is 0.224 e. The van der Waals surface area contributed by atoms with Crippen molar-refractivity contribution in [2.75, 3.05) is 36.4 Å². The Kier molecular flexibility index (Phi) is 5.09. The van der Waals surface area contributed by atoms with E-state index in [0.717, 1.165) is 26.2 Å². The highest BCUT2D eigenvalue weighted by Crippen LogP contribution is 2.17. The second kappa shape index (κ2) is 7.62. The van der Waals surface area contributed by atoms with Gasteiger partial charge in [-0.3, -0.25) is 4.90 Å². The molecule has 1 atom stereocenters. The molecule has 1 saturated heterocycles. The number of piperazine rings is 1. The van der Waals surface area contributed by atoms with Crippen molar-refractivity contribution in [1.29, 1.82) is 0 Å². The number of aromatic nitrogens is 2. The zero-order valence-corrected chi connectivity index (χ0v) is 13.6. The lowest BCUT2D eigenvalue weighted by atomic mass is 10.2. The molecule has 0 radical (unpaired) electrons. The number of hydrogen-bond donors (Lipinski definition) is 1. The number of para-hydroxylation sites is 1. The van der Waals surface area contributed by atoms with Gasteiger partial charge < -0.3 is 10.2 Å². The van der Waals surface area contributed by atoms with Gasteiger partial charge in [-0.15, -0.1) is 6.42 Å². The fourth-order valence-electron chi connectivity index (χ4n) is 2.81. The molecule has 2 aromatic rings. The Morgan fingerprint density at radius 3 is 2.38 bits per heavy atom. The third-order valence-corrected chi connectivity index (χ3v) is 4.15. The van der Waals surface area contributed by atoms with Gasteiger partial charge in [0.2, 0.25) is 5.95 Å². The largest absolute Gasteiger partial charge is 0.369 e. The lowest BCUT2D eigenvalue weighted by molar-refractivity contribution is 0.232. The molecule has 1 aliphatic heterocycles. The number of nitrogens with zero attached hydrogens (tertiary/aromatic N) is 4. The molecule has 0 aliphatic carbocycles. The first kappa shape index (κ1) is 16.0. The zero-order chi connectivity index (χ0) is 16.8. The van der Waals surface area contributed by atoms with Gasteiger partial charge in [0.25, 0.3) is 0 Å². The summed E-state index contributed by atoms with van der Waals surface area (Å²) >= 11 is 0. The highest BCUT2D eigenvalue weighted by atomic mass is 15.3. The number of hydrogen-bond acceptors (Lipinski definition) is 5. The SMILES string of the molecule is C#Cc1cnc(NC(C=C)N2CCN(c3ccccc3)CC2)nc1. The van der Waals surface area contributed by atoms with Gasteiger partial charge in [-0.05, 0) is 12.1 Å². The van der Waals surface area contributed by atoms with E-state index in [4.69, 9.17) is 6.42 Å². The summed E-state index contributed by atoms with van der Waals surface area (Å²) in [4.78, 5) is 13.2. The van der Waals surface area contributed by atoms with Crippen LogP contribution < -0.4 is 10.2 Å². The Balaban J connectivity index is 1.59. The molecule has 1 unspecified atom stereocenters. The molecule has 2 heterocycles. The summed E-state index contributed by atoms with van der Waals surface area (Å²) in [5.41, 5.74) is 1.95. The van der Waals surface area contributed by atoms with Crippen molar-refractivity contribution in [3.63, 3.8) is 0 Å². The predicted octanol–water partition coefficient (Wildman–Crippen LogP) is 2.20. The Bertz CT molecular complexity index is 697. The summed E-state index contributed by atoms with van der Waals surface area (Å²) in [6, 6.07) is 10.5. The van der Waals surface area contributed by atoms with Crippen molar-refractivity contribution in [3.8, 4) is 12.3 Å². The van der Waals surface area contributed by atoms with Gasteiger partial charge in [-0.1, -0.05) is 36.8 Å². The van der Waals surface area contributed by atoms with Crippen LogP contribution in [0.25, 0.3) is 0 Å². The molecule has 0 saturated carbocycles. The maximum Gasteiger partial charge on any atom is 0.224 e. The van der Waals surface area contributed by atoms with Crippen molar-refractivity contribution in [2.45, 2.75) is 6.17 Å². The van der Waals surface area contributed by atoms with Crippen LogP contribution >= 0.6 is 0 Å². The number of nitrogens with one attached hydrogen (secondary N) is 1. The summed E-state index contributed by atoms with van der Waals surface area (Å²) in [5.74, 6) is 3.08. The van der Waals surface area contributed by atoms with Crippen molar-refractivity contribution < 1.29 is 0 Å². The van der Waals surface area contributed by atoms with Gasteiger partial charge >= 0.3 is 0 Å². The Morgan fingerprint density at radius 1 is 1.12 bits per heavy atom. The highest BCUT2D eigenvalue weighted by Gasteiger charge is 2.22. The molecular weight excluding hydrogens is 298 g/mol. The molecule has 5 heteroatoms. The average Bonchev–Trinajstić information content (AvgIpc) is 2.67. The van der Waals surface area contributed by atoms with E-state index in [2.05, 4.69) is 61.8 Å². The summed E-state index contributed by atoms with van der Waals surface area (Å²) in [5, 5.41) is 3.30. The molecule has 24 heavy (non-hydrogen) atoms. The van der Waals surface area contributed by atoms with E-state index < -0.39 is 0 Å². The van der Waals surface area contributed by atoms with Crippen LogP contribution in [-0.4, -0.2) is 47.2 Å². The lowest BCUT2D eigenvalue weighted by Gasteiger charge is -2.39. The minimum Gasteiger partial charge on any atom is -0.369 e. The van der Waals surface area contributed by atoms with Gasteiger partial charge in [-0.2, -0.15) is 0 Å². The third-order valence-electron chi connectivity index (χ3n) is 4.15. The molecule has 1 aliphatic rings. The van der Waals surface area contributed by atoms with Crippen LogP contribution in [0.3, 0.4) is 0 Å². The summed E-state index contributed by atoms with van der Waals surface area (Å²) in [7, 11) is 0. The molecule has 0 amide bonds. The Labute approximate surface area is 143 Å². The molecule has 1 N–H and O–H groups in total. The molecule has 1 aromatic heterocycles. The normalized spacial score (nSPS) is 16.2. The van der Waals surface area contributed by atoms with Gasteiger partial charge in [0.1, 0.15) is 6.17 Å². The average molecular weight is 319 g/mol. The molecule has 1 aromatic carbocycles. The second-order valence-electron chi connectivity index (χ2n) is 5.62. The van der Waals surface area contributed by atoms with Gasteiger partial charge in [0.15, 0.2) is 0 Å². The number of anilines is 2. The van der Waals surface area contributed by atoms with Crippen LogP contribution in [0.5, 0.6) is 0 Å². The first-order valence-electron chi connectivity index (χ1n) is 8.02. The van der Waals surface area contributed by atoms with Gasteiger partial charge in [0.05, 0.1) is 5.56 Å². The molecule has 1 fully saturated rings. The Morgan fingerprint density at radius 2 is 1.79 bits per heavy atom. The second-order valence-corrected chi connectivity index (χ2v) is 5.62. The van der Waals surface area contributed by atoms with Crippen molar-refractivity contribution in [2.24, 2.45) is 0 Å². The van der Waals surface area contributed by atoms with E-state index in [-0.39, 0.29) is 6.17 Å². The van der Waals surface area contributed by atoms with Crippen LogP contribution in [0.2, 0.25) is 0 Å². The van der Waals surface area contributed by atoms with Gasteiger partial charge in [0, 0.05) is 44.3 Å². The van der Waals surface area contributed by atoms with Crippen LogP contribution in [0.1, 0.15) is 5.56 Å². The molecule has 0 bridgehead atoms. The van der Waals surface area contributed by atoms with E-state index >= 15 is 0 Å². The molecular formula is C19H21N5. The van der Waals surface area contributed by atoms with Crippen LogP contribution in [0.15, 0.2) is 55.4 Å². The van der Waals surface area contributed by atoms with E-state index in [1.165, 1.54) is 5.69 Å². The molecule has 0 spiro atoms. The van der Waals surface area contributed by atoms with Crippen LogP contribution in [0.4, 0.5) is 11.6 Å². The zero-order valence-electron chi connectivity index (χ0n) is 13.6. The number of terminal acetylenes is 1. The van der Waals surface area contributed by atoms with E-state index in [0.29, 0.717) is 11.5 Å². The standard InChI is InChI=1S/C19H21N5/c1-3-16-14-20-19(21-15-16)22-18(4-2)24-12-10-23(11-13-24)17-8-6-5-7-9-17/h1,4-9,14-15,18H,2,10-13H2,(H,20,21,22). The topological polar surface area (TPSA) is 44.3 Å². The molecule has 5 nitrogen and oxygen atoms in total. The molecule has 3 rings (SSSR count). The summed E-state index contributed by atoms with van der Waals surface area (Å²) < 4.78 is 0.